The van der Waals surface area contributed by atoms with Gasteiger partial charge in [0.2, 0.25) is 11.7 Å². The lowest BCUT2D eigenvalue weighted by atomic mass is 10.0. The number of ether oxygens (including phenoxy) is 1. The smallest absolute Gasteiger partial charge is 0.251 e. The molecule has 39 heavy (non-hydrogen) atoms. The first-order valence-corrected chi connectivity index (χ1v) is 12.9. The molecule has 1 N–H and O–H groups in total. The fourth-order valence-electron chi connectivity index (χ4n) is 4.88. The van der Waals surface area contributed by atoms with E-state index in [1.165, 1.54) is 16.8 Å². The second-order valence-corrected chi connectivity index (χ2v) is 9.67. The van der Waals surface area contributed by atoms with Crippen LogP contribution in [0.2, 0.25) is 0 Å². The van der Waals surface area contributed by atoms with Crippen LogP contribution in [-0.2, 0) is 16.1 Å². The Labute approximate surface area is 226 Å². The number of methoxy groups -OCH3 is 1. The van der Waals surface area contributed by atoms with Gasteiger partial charge >= 0.3 is 0 Å². The third-order valence-corrected chi connectivity index (χ3v) is 6.78. The monoisotopic (exact) mass is 529 g/mol. The van der Waals surface area contributed by atoms with E-state index in [4.69, 9.17) is 9.15 Å². The van der Waals surface area contributed by atoms with Crippen molar-refractivity contribution in [3.63, 3.8) is 0 Å². The van der Waals surface area contributed by atoms with Crippen molar-refractivity contribution in [3.8, 4) is 17.3 Å². The molecule has 0 unspecified atom stereocenters. The Hall–Kier alpha value is -4.54. The number of carbonyl (C=O) groups is 2. The average molecular weight is 530 g/mol. The topological polar surface area (TPSA) is 128 Å². The molecule has 0 saturated heterocycles. The van der Waals surface area contributed by atoms with Gasteiger partial charge in [-0.3, -0.25) is 19.5 Å². The van der Waals surface area contributed by atoms with Crippen molar-refractivity contribution in [2.45, 2.75) is 58.2 Å². The molecule has 1 atom stereocenters. The number of amides is 2. The molecule has 0 radical (unpaired) electrons. The predicted molar refractivity (Wildman–Crippen MR) is 143 cm³/mol. The number of benzene rings is 1. The first kappa shape index (κ1) is 26.1. The minimum Gasteiger partial charge on any atom is -0.495 e. The number of anilines is 1. The minimum atomic E-state index is -0.979. The third kappa shape index (κ3) is 5.82. The number of hydrogen-bond donors (Lipinski definition) is 1. The Kier molecular flexibility index (Phi) is 7.67. The van der Waals surface area contributed by atoms with Gasteiger partial charge in [0.25, 0.3) is 5.91 Å². The van der Waals surface area contributed by atoms with Crippen molar-refractivity contribution in [3.05, 3.63) is 71.7 Å². The van der Waals surface area contributed by atoms with Gasteiger partial charge in [0, 0.05) is 18.4 Å². The van der Waals surface area contributed by atoms with Crippen molar-refractivity contribution in [2.24, 2.45) is 0 Å². The number of hydrogen-bond acceptors (Lipinski definition) is 8. The van der Waals surface area contributed by atoms with Gasteiger partial charge in [0.1, 0.15) is 24.1 Å². The number of nitrogens with one attached hydrogen (secondary N) is 1. The molecule has 1 saturated carbocycles. The van der Waals surface area contributed by atoms with E-state index in [1.807, 2.05) is 26.0 Å². The Morgan fingerprint density at radius 3 is 2.59 bits per heavy atom. The molecule has 11 heteroatoms. The molecule has 3 aromatic heterocycles. The number of pyridine rings is 1. The Bertz CT molecular complexity index is 1440. The maximum Gasteiger partial charge on any atom is 0.251 e. The summed E-state index contributed by atoms with van der Waals surface area (Å²) in [5.41, 5.74) is 1.99. The van der Waals surface area contributed by atoms with E-state index < -0.39 is 11.9 Å². The molecule has 0 aliphatic heterocycles. The highest BCUT2D eigenvalue weighted by Gasteiger charge is 2.36. The predicted octanol–water partition coefficient (Wildman–Crippen LogP) is 3.79. The second-order valence-electron chi connectivity index (χ2n) is 9.67. The first-order valence-electron chi connectivity index (χ1n) is 12.9. The highest BCUT2D eigenvalue weighted by molar-refractivity contribution is 6.02. The summed E-state index contributed by atoms with van der Waals surface area (Å²) in [5.74, 6) is 1.20. The van der Waals surface area contributed by atoms with E-state index in [0.717, 1.165) is 31.2 Å². The van der Waals surface area contributed by atoms with E-state index in [-0.39, 0.29) is 24.3 Å². The van der Waals surface area contributed by atoms with Crippen LogP contribution >= 0.6 is 0 Å². The Morgan fingerprint density at radius 2 is 1.90 bits per heavy atom. The fraction of sp³-hybridized carbons (Fsp3) is 0.357. The van der Waals surface area contributed by atoms with Crippen molar-refractivity contribution >= 4 is 17.5 Å². The summed E-state index contributed by atoms with van der Waals surface area (Å²) >= 11 is 0. The minimum absolute atomic E-state index is 0.0643. The standard InChI is InChI=1S/C28H31N7O4/c1-18-8-10-23(38-3)22(16-18)35(25(36)17-34-32-27(31-33-34)24-11-9-19(2)39-24)26(20-12-14-29-15-13-20)28(37)30-21-6-4-5-7-21/h8-16,21,26H,4-7,17H2,1-3H3,(H,30,37)/t26-/m0/s1. The molecule has 5 rings (SSSR count). The van der Waals surface area contributed by atoms with Crippen LogP contribution in [0.25, 0.3) is 11.6 Å². The lowest BCUT2D eigenvalue weighted by Crippen LogP contribution is -2.47. The molecule has 0 bridgehead atoms. The zero-order valence-corrected chi connectivity index (χ0v) is 22.2. The lowest BCUT2D eigenvalue weighted by molar-refractivity contribution is -0.127. The summed E-state index contributed by atoms with van der Waals surface area (Å²) in [6.07, 6.45) is 7.17. The van der Waals surface area contributed by atoms with Gasteiger partial charge in [0.15, 0.2) is 5.76 Å². The molecule has 11 nitrogen and oxygen atoms in total. The van der Waals surface area contributed by atoms with Gasteiger partial charge in [-0.25, -0.2) is 0 Å². The molecule has 202 valence electrons. The van der Waals surface area contributed by atoms with Crippen molar-refractivity contribution in [1.29, 1.82) is 0 Å². The molecule has 2 amide bonds. The summed E-state index contributed by atoms with van der Waals surface area (Å²) in [5, 5.41) is 15.6. The number of aryl methyl sites for hydroxylation is 2. The Morgan fingerprint density at radius 1 is 1.13 bits per heavy atom. The number of carbonyl (C=O) groups excluding carboxylic acids is 2. The average Bonchev–Trinajstić information content (AvgIpc) is 3.70. The number of furan rings is 1. The van der Waals surface area contributed by atoms with E-state index in [9.17, 15) is 9.59 Å². The van der Waals surface area contributed by atoms with Crippen molar-refractivity contribution in [1.82, 2.24) is 30.5 Å². The van der Waals surface area contributed by atoms with Crippen LogP contribution in [0.15, 0.2) is 59.3 Å². The molecule has 1 aliphatic rings. The molecule has 3 heterocycles. The quantitative estimate of drug-likeness (QED) is 0.347. The number of rotatable bonds is 9. The van der Waals surface area contributed by atoms with Gasteiger partial charge in [-0.15, -0.1) is 10.2 Å². The van der Waals surface area contributed by atoms with E-state index in [0.29, 0.717) is 28.5 Å². The Balaban J connectivity index is 1.55. The summed E-state index contributed by atoms with van der Waals surface area (Å²) in [7, 11) is 1.54. The molecule has 1 aliphatic carbocycles. The number of tetrazole rings is 1. The van der Waals surface area contributed by atoms with Gasteiger partial charge in [-0.2, -0.15) is 4.80 Å². The molecule has 1 aromatic carbocycles. The largest absolute Gasteiger partial charge is 0.495 e. The normalized spacial score (nSPS) is 14.2. The number of nitrogens with zero attached hydrogens (tertiary/aromatic N) is 6. The summed E-state index contributed by atoms with van der Waals surface area (Å²) < 4.78 is 11.2. The van der Waals surface area contributed by atoms with Gasteiger partial charge in [-0.1, -0.05) is 18.9 Å². The van der Waals surface area contributed by atoms with Crippen molar-refractivity contribution in [2.75, 3.05) is 12.0 Å². The zero-order chi connectivity index (χ0) is 27.4. The molecular weight excluding hydrogens is 498 g/mol. The molecule has 0 spiro atoms. The van der Waals surface area contributed by atoms with E-state index in [2.05, 4.69) is 25.7 Å². The third-order valence-electron chi connectivity index (χ3n) is 6.78. The number of aromatic nitrogens is 5. The molecular formula is C28H31N7O4. The summed E-state index contributed by atoms with van der Waals surface area (Å²) in [4.78, 5) is 34.8. The zero-order valence-electron chi connectivity index (χ0n) is 22.2. The lowest BCUT2D eigenvalue weighted by Gasteiger charge is -2.33. The van der Waals surface area contributed by atoms with E-state index >= 15 is 0 Å². The van der Waals surface area contributed by atoms with Gasteiger partial charge in [-0.05, 0) is 79.4 Å². The van der Waals surface area contributed by atoms with Crippen LogP contribution in [0.4, 0.5) is 5.69 Å². The van der Waals surface area contributed by atoms with Crippen LogP contribution in [-0.4, -0.2) is 50.2 Å². The maximum absolute atomic E-state index is 14.1. The van der Waals surface area contributed by atoms with Crippen LogP contribution < -0.4 is 15.0 Å². The van der Waals surface area contributed by atoms with Crippen molar-refractivity contribution < 1.29 is 18.7 Å². The maximum atomic E-state index is 14.1. The molecule has 1 fully saturated rings. The fourth-order valence-corrected chi connectivity index (χ4v) is 4.88. The van der Waals surface area contributed by atoms with Crippen LogP contribution in [0.5, 0.6) is 5.75 Å². The van der Waals surface area contributed by atoms with Gasteiger partial charge in [0.05, 0.1) is 12.8 Å². The van der Waals surface area contributed by atoms with Crippen LogP contribution in [0.1, 0.15) is 48.6 Å². The second kappa shape index (κ2) is 11.5. The summed E-state index contributed by atoms with van der Waals surface area (Å²) in [6, 6.07) is 11.6. The molecule has 4 aromatic rings. The highest BCUT2D eigenvalue weighted by atomic mass is 16.5. The van der Waals surface area contributed by atoms with Gasteiger partial charge < -0.3 is 14.5 Å². The first-order chi connectivity index (χ1) is 18.9. The van der Waals surface area contributed by atoms with Crippen LogP contribution in [0.3, 0.4) is 0 Å². The highest BCUT2D eigenvalue weighted by Crippen LogP contribution is 2.36. The summed E-state index contributed by atoms with van der Waals surface area (Å²) in [6.45, 7) is 3.48. The van der Waals surface area contributed by atoms with Crippen LogP contribution in [0, 0.1) is 13.8 Å². The van der Waals surface area contributed by atoms with E-state index in [1.54, 1.807) is 42.7 Å². The SMILES string of the molecule is COc1ccc(C)cc1N(C(=O)Cn1nnc(-c2ccc(C)o2)n1)[C@H](C(=O)NC1CCCC1)c1ccncc1.